The molecule has 1 atom stereocenters. The molecule has 1 amide bonds. The maximum absolute atomic E-state index is 12.3. The van der Waals surface area contributed by atoms with E-state index in [1.54, 1.807) is 12.4 Å². The Balaban J connectivity index is 1.37. The van der Waals surface area contributed by atoms with Gasteiger partial charge in [-0.15, -0.1) is 11.3 Å². The Kier molecular flexibility index (Phi) is 4.58. The van der Waals surface area contributed by atoms with Crippen molar-refractivity contribution in [3.05, 3.63) is 58.2 Å². The summed E-state index contributed by atoms with van der Waals surface area (Å²) in [5, 5.41) is 6.88. The molecule has 7 heteroatoms. The lowest BCUT2D eigenvalue weighted by Crippen LogP contribution is -2.21. The molecule has 3 aromatic heterocycles. The summed E-state index contributed by atoms with van der Waals surface area (Å²) < 4.78 is 10.9. The van der Waals surface area contributed by atoms with Crippen LogP contribution in [0.1, 0.15) is 39.3 Å². The summed E-state index contributed by atoms with van der Waals surface area (Å²) in [4.78, 5) is 18.2. The predicted molar refractivity (Wildman–Crippen MR) is 93.2 cm³/mol. The molecule has 1 aliphatic heterocycles. The lowest BCUT2D eigenvalue weighted by atomic mass is 10.2. The van der Waals surface area contributed by atoms with Gasteiger partial charge in [-0.3, -0.25) is 9.78 Å². The van der Waals surface area contributed by atoms with E-state index in [2.05, 4.69) is 15.5 Å². The van der Waals surface area contributed by atoms with E-state index < -0.39 is 0 Å². The van der Waals surface area contributed by atoms with Crippen molar-refractivity contribution in [2.45, 2.75) is 25.5 Å². The first kappa shape index (κ1) is 16.0. The van der Waals surface area contributed by atoms with E-state index in [0.717, 1.165) is 29.9 Å². The highest BCUT2D eigenvalue weighted by Crippen LogP contribution is 2.33. The zero-order valence-corrected chi connectivity index (χ0v) is 14.3. The smallest absolute Gasteiger partial charge is 0.261 e. The first-order valence-electron chi connectivity index (χ1n) is 8.15. The van der Waals surface area contributed by atoms with Crippen molar-refractivity contribution in [2.24, 2.45) is 0 Å². The molecule has 25 heavy (non-hydrogen) atoms. The first-order valence-corrected chi connectivity index (χ1v) is 8.97. The van der Waals surface area contributed by atoms with E-state index in [-0.39, 0.29) is 12.0 Å². The van der Waals surface area contributed by atoms with E-state index in [0.29, 0.717) is 22.9 Å². The second kappa shape index (κ2) is 7.16. The minimum absolute atomic E-state index is 0.117. The van der Waals surface area contributed by atoms with Crippen LogP contribution in [0.3, 0.4) is 0 Å². The summed E-state index contributed by atoms with van der Waals surface area (Å²) in [7, 11) is 0. The molecule has 1 aliphatic rings. The van der Waals surface area contributed by atoms with Gasteiger partial charge in [0.15, 0.2) is 5.76 Å². The average Bonchev–Trinajstić information content (AvgIpc) is 3.41. The minimum Gasteiger partial charge on any atom is -0.373 e. The highest BCUT2D eigenvalue weighted by molar-refractivity contribution is 7.14. The molecule has 6 nitrogen and oxygen atoms in total. The van der Waals surface area contributed by atoms with Gasteiger partial charge >= 0.3 is 0 Å². The monoisotopic (exact) mass is 355 g/mol. The lowest BCUT2D eigenvalue weighted by Gasteiger charge is -2.05. The van der Waals surface area contributed by atoms with Gasteiger partial charge in [0, 0.05) is 35.5 Å². The number of pyridine rings is 1. The Bertz CT molecular complexity index is 853. The van der Waals surface area contributed by atoms with Gasteiger partial charge in [0.2, 0.25) is 0 Å². The van der Waals surface area contributed by atoms with E-state index in [1.165, 1.54) is 11.3 Å². The fourth-order valence-corrected chi connectivity index (χ4v) is 3.76. The van der Waals surface area contributed by atoms with Gasteiger partial charge in [-0.1, -0.05) is 5.16 Å². The number of hydrogen-bond donors (Lipinski definition) is 1. The zero-order valence-electron chi connectivity index (χ0n) is 13.5. The van der Waals surface area contributed by atoms with Crippen molar-refractivity contribution in [1.29, 1.82) is 0 Å². The lowest BCUT2D eigenvalue weighted by molar-refractivity contribution is 0.0951. The van der Waals surface area contributed by atoms with Gasteiger partial charge in [0.1, 0.15) is 5.69 Å². The summed E-state index contributed by atoms with van der Waals surface area (Å²) in [5.41, 5.74) is 1.58. The van der Waals surface area contributed by atoms with Crippen LogP contribution in [0.25, 0.3) is 11.3 Å². The van der Waals surface area contributed by atoms with Crippen LogP contribution in [-0.2, 0) is 11.3 Å². The third-order valence-corrected chi connectivity index (χ3v) is 5.21. The maximum Gasteiger partial charge on any atom is 0.261 e. The van der Waals surface area contributed by atoms with Crippen LogP contribution in [0, 0.1) is 0 Å². The largest absolute Gasteiger partial charge is 0.373 e. The summed E-state index contributed by atoms with van der Waals surface area (Å²) in [5.74, 6) is 0.483. The number of carbonyl (C=O) groups excluding carboxylic acids is 1. The average molecular weight is 355 g/mol. The van der Waals surface area contributed by atoms with Crippen molar-refractivity contribution in [3.8, 4) is 11.3 Å². The van der Waals surface area contributed by atoms with Gasteiger partial charge in [-0.05, 0) is 37.1 Å². The molecule has 0 aliphatic carbocycles. The summed E-state index contributed by atoms with van der Waals surface area (Å²) >= 11 is 1.48. The van der Waals surface area contributed by atoms with Crippen LogP contribution in [0.2, 0.25) is 0 Å². The zero-order chi connectivity index (χ0) is 17.1. The fraction of sp³-hybridized carbons (Fsp3) is 0.278. The molecule has 1 saturated heterocycles. The quantitative estimate of drug-likeness (QED) is 0.757. The first-order chi connectivity index (χ1) is 12.3. The Morgan fingerprint density at radius 2 is 2.32 bits per heavy atom. The normalized spacial score (nSPS) is 16.9. The molecule has 0 radical (unpaired) electrons. The molecule has 128 valence electrons. The molecular weight excluding hydrogens is 338 g/mol. The van der Waals surface area contributed by atoms with Crippen LogP contribution < -0.4 is 5.32 Å². The summed E-state index contributed by atoms with van der Waals surface area (Å²) in [6, 6.07) is 9.38. The molecular formula is C18H17N3O3S. The maximum atomic E-state index is 12.3. The van der Waals surface area contributed by atoms with Crippen LogP contribution in [0.15, 0.2) is 47.2 Å². The highest BCUT2D eigenvalue weighted by atomic mass is 32.1. The molecule has 0 aromatic carbocycles. The van der Waals surface area contributed by atoms with E-state index in [9.17, 15) is 4.79 Å². The Morgan fingerprint density at radius 3 is 3.12 bits per heavy atom. The molecule has 1 unspecified atom stereocenters. The SMILES string of the molecule is O=C(NCc1cc(-c2cccnc2)no1)c1ccc(C2CCCO2)s1. The fourth-order valence-electron chi connectivity index (χ4n) is 2.75. The van der Waals surface area contributed by atoms with Crippen molar-refractivity contribution < 1.29 is 14.1 Å². The van der Waals surface area contributed by atoms with Crippen LogP contribution >= 0.6 is 11.3 Å². The molecule has 4 rings (SSSR count). The number of nitrogens with zero attached hydrogens (tertiary/aromatic N) is 2. The van der Waals surface area contributed by atoms with Crippen molar-refractivity contribution >= 4 is 17.2 Å². The van der Waals surface area contributed by atoms with Crippen molar-refractivity contribution in [2.75, 3.05) is 6.61 Å². The van der Waals surface area contributed by atoms with E-state index >= 15 is 0 Å². The van der Waals surface area contributed by atoms with Crippen molar-refractivity contribution in [1.82, 2.24) is 15.5 Å². The topological polar surface area (TPSA) is 77.3 Å². The van der Waals surface area contributed by atoms with Crippen LogP contribution in [0.5, 0.6) is 0 Å². The number of ether oxygens (including phenoxy) is 1. The molecule has 1 fully saturated rings. The second-order valence-electron chi connectivity index (χ2n) is 5.81. The van der Waals surface area contributed by atoms with Crippen LogP contribution in [-0.4, -0.2) is 22.7 Å². The molecule has 0 bridgehead atoms. The predicted octanol–water partition coefficient (Wildman–Crippen LogP) is 3.58. The number of aromatic nitrogens is 2. The summed E-state index contributed by atoms with van der Waals surface area (Å²) in [6.45, 7) is 1.09. The number of rotatable bonds is 5. The standard InChI is InChI=1S/C18H17N3O3S/c22-18(17-6-5-16(25-17)15-4-2-8-23-15)20-11-13-9-14(21-24-13)12-3-1-7-19-10-12/h1,3,5-7,9-10,15H,2,4,8,11H2,(H,20,22). The molecule has 0 spiro atoms. The van der Waals surface area contributed by atoms with Gasteiger partial charge in [-0.25, -0.2) is 0 Å². The number of nitrogens with one attached hydrogen (secondary N) is 1. The molecule has 4 heterocycles. The third kappa shape index (κ3) is 3.62. The third-order valence-electron chi connectivity index (χ3n) is 4.04. The Morgan fingerprint density at radius 1 is 1.36 bits per heavy atom. The molecule has 0 saturated carbocycles. The molecule has 1 N–H and O–H groups in total. The Labute approximate surface area is 148 Å². The van der Waals surface area contributed by atoms with Gasteiger partial charge in [0.25, 0.3) is 5.91 Å². The number of amides is 1. The van der Waals surface area contributed by atoms with Gasteiger partial charge < -0.3 is 14.6 Å². The minimum atomic E-state index is -0.117. The van der Waals surface area contributed by atoms with E-state index in [4.69, 9.17) is 9.26 Å². The number of carbonyl (C=O) groups is 1. The summed E-state index contributed by atoms with van der Waals surface area (Å²) in [6.07, 6.45) is 5.67. The highest BCUT2D eigenvalue weighted by Gasteiger charge is 2.21. The van der Waals surface area contributed by atoms with E-state index in [1.807, 2.05) is 30.3 Å². The second-order valence-corrected chi connectivity index (χ2v) is 6.92. The van der Waals surface area contributed by atoms with Crippen molar-refractivity contribution in [3.63, 3.8) is 0 Å². The van der Waals surface area contributed by atoms with Crippen LogP contribution in [0.4, 0.5) is 0 Å². The Hall–Kier alpha value is -2.51. The number of thiophene rings is 1. The molecule has 3 aromatic rings. The van der Waals surface area contributed by atoms with Gasteiger partial charge in [0.05, 0.1) is 17.5 Å². The van der Waals surface area contributed by atoms with Gasteiger partial charge in [-0.2, -0.15) is 0 Å². The number of hydrogen-bond acceptors (Lipinski definition) is 6.